The summed E-state index contributed by atoms with van der Waals surface area (Å²) in [5.74, 6) is 0. The van der Waals surface area contributed by atoms with Gasteiger partial charge in [0, 0.05) is 30.4 Å². The maximum atomic E-state index is 3.34. The van der Waals surface area contributed by atoms with Gasteiger partial charge in [-0.15, -0.1) is 5.73 Å². The number of hydrogen-bond donors (Lipinski definition) is 0. The van der Waals surface area contributed by atoms with Crippen LogP contribution in [0.25, 0.3) is 0 Å². The smallest absolute Gasteiger partial charge is 0.0305 e. The van der Waals surface area contributed by atoms with E-state index in [1.54, 1.807) is 0 Å². The van der Waals surface area contributed by atoms with Gasteiger partial charge >= 0.3 is 0 Å². The Kier molecular flexibility index (Phi) is 9.27. The van der Waals surface area contributed by atoms with Crippen LogP contribution >= 0.6 is 15.9 Å². The zero-order valence-corrected chi connectivity index (χ0v) is 12.4. The van der Waals surface area contributed by atoms with E-state index in [2.05, 4.69) is 21.7 Å². The Bertz CT molecular complexity index is 190. The molecule has 0 saturated carbocycles. The second-order valence-corrected chi connectivity index (χ2v) is 2.61. The van der Waals surface area contributed by atoms with Gasteiger partial charge in [0.25, 0.3) is 0 Å². The molecule has 0 nitrogen and oxygen atoms in total. The molecule has 0 heterocycles. The van der Waals surface area contributed by atoms with Crippen molar-refractivity contribution in [3.8, 4) is 0 Å². The molecule has 1 aliphatic carbocycles. The van der Waals surface area contributed by atoms with Crippen LogP contribution < -0.4 is 24.0 Å². The number of hydrogen-bond acceptors (Lipinski definition) is 0. The third kappa shape index (κ3) is 4.84. The Hall–Kier alpha value is 1.09. The molecule has 10 heavy (non-hydrogen) atoms. The van der Waals surface area contributed by atoms with Crippen molar-refractivity contribution in [2.45, 2.75) is 6.92 Å². The minimum atomic E-state index is 0. The van der Waals surface area contributed by atoms with Crippen LogP contribution in [0.3, 0.4) is 0 Å². The maximum Gasteiger partial charge on any atom is 0.0305 e. The summed E-state index contributed by atoms with van der Waals surface area (Å²) in [4.78, 5) is 0. The van der Waals surface area contributed by atoms with Gasteiger partial charge in [-0.3, -0.25) is 0 Å². The first-order valence-electron chi connectivity index (χ1n) is 2.43. The zero-order chi connectivity index (χ0) is 5.98. The molecule has 0 aliphatic heterocycles. The Morgan fingerprint density at radius 3 is 2.40 bits per heavy atom. The molecule has 0 N–H and O–H groups in total. The van der Waals surface area contributed by atoms with Crippen molar-refractivity contribution in [1.82, 2.24) is 0 Å². The van der Waals surface area contributed by atoms with E-state index < -0.39 is 0 Å². The SMILES string of the molecule is CC1=C=CC=C(Br)[CH]1.[I-].[Zn]. The van der Waals surface area contributed by atoms with Gasteiger partial charge in [0.05, 0.1) is 0 Å². The summed E-state index contributed by atoms with van der Waals surface area (Å²) in [5, 5.41) is 0. The van der Waals surface area contributed by atoms with E-state index in [1.165, 1.54) is 5.57 Å². The monoisotopic (exact) mass is 360 g/mol. The molecule has 0 aromatic carbocycles. The summed E-state index contributed by atoms with van der Waals surface area (Å²) in [6.07, 6.45) is 5.90. The molecule has 3 heteroatoms. The van der Waals surface area contributed by atoms with Crippen LogP contribution in [0.5, 0.6) is 0 Å². The molecular formula is C7H6BrIZn-. The van der Waals surface area contributed by atoms with Gasteiger partial charge in [-0.25, -0.2) is 0 Å². The molecule has 1 rings (SSSR count). The van der Waals surface area contributed by atoms with Crippen molar-refractivity contribution >= 4 is 15.9 Å². The first kappa shape index (κ1) is 13.7. The molecule has 0 atom stereocenters. The first-order chi connectivity index (χ1) is 3.79. The molecule has 0 spiro atoms. The van der Waals surface area contributed by atoms with Crippen molar-refractivity contribution in [1.29, 1.82) is 0 Å². The van der Waals surface area contributed by atoms with Gasteiger partial charge in [0.1, 0.15) is 0 Å². The molecule has 0 bridgehead atoms. The van der Waals surface area contributed by atoms with Crippen LogP contribution in [0.2, 0.25) is 0 Å². The van der Waals surface area contributed by atoms with E-state index in [9.17, 15) is 0 Å². The van der Waals surface area contributed by atoms with Gasteiger partial charge in [-0.2, -0.15) is 0 Å². The van der Waals surface area contributed by atoms with Gasteiger partial charge in [0.15, 0.2) is 0 Å². The van der Waals surface area contributed by atoms with Gasteiger partial charge in [0.2, 0.25) is 0 Å². The second-order valence-electron chi connectivity index (χ2n) is 1.69. The van der Waals surface area contributed by atoms with E-state index in [0.717, 1.165) is 4.48 Å². The van der Waals surface area contributed by atoms with Crippen molar-refractivity contribution in [3.05, 3.63) is 34.4 Å². The van der Waals surface area contributed by atoms with E-state index in [4.69, 9.17) is 0 Å². The molecule has 0 fully saturated rings. The number of rotatable bonds is 0. The molecular weight excluding hydrogens is 356 g/mol. The number of allylic oxidation sites excluding steroid dienone is 3. The standard InChI is InChI=1S/C7H6Br.HI.Zn/c1-6-3-2-4-7(8)5-6;;/h2,4-5H,1H3;1H;/p-1. The maximum absolute atomic E-state index is 3.34. The molecule has 1 radical (unpaired) electrons. The van der Waals surface area contributed by atoms with Crippen LogP contribution in [0, 0.1) is 6.42 Å². The topological polar surface area (TPSA) is 0 Å². The summed E-state index contributed by atoms with van der Waals surface area (Å²) >= 11 is 3.34. The van der Waals surface area contributed by atoms with Gasteiger partial charge in [-0.1, -0.05) is 15.9 Å². The van der Waals surface area contributed by atoms with E-state index >= 15 is 0 Å². The van der Waals surface area contributed by atoms with Crippen LogP contribution in [-0.2, 0) is 19.5 Å². The average molecular weight is 362 g/mol. The summed E-state index contributed by atoms with van der Waals surface area (Å²) in [7, 11) is 0. The van der Waals surface area contributed by atoms with Gasteiger partial charge in [-0.05, 0) is 24.6 Å². The van der Waals surface area contributed by atoms with Crippen LogP contribution in [0.1, 0.15) is 6.92 Å². The minimum Gasteiger partial charge on any atom is -1.00 e. The van der Waals surface area contributed by atoms with E-state index in [0.29, 0.717) is 0 Å². The molecule has 51 valence electrons. The third-order valence-corrected chi connectivity index (χ3v) is 1.40. The van der Waals surface area contributed by atoms with Crippen molar-refractivity contribution in [2.24, 2.45) is 0 Å². The summed E-state index contributed by atoms with van der Waals surface area (Å²) in [6.45, 7) is 2.02. The molecule has 0 aromatic heterocycles. The number of halogens is 2. The second kappa shape index (κ2) is 6.78. The molecule has 0 saturated heterocycles. The Morgan fingerprint density at radius 1 is 1.50 bits per heavy atom. The normalized spacial score (nSPS) is 14.2. The largest absolute Gasteiger partial charge is 1.00 e. The molecule has 0 amide bonds. The zero-order valence-electron chi connectivity index (χ0n) is 5.70. The Labute approximate surface area is 99.7 Å². The summed E-state index contributed by atoms with van der Waals surface area (Å²) in [5.41, 5.74) is 4.21. The summed E-state index contributed by atoms with van der Waals surface area (Å²) < 4.78 is 1.12. The molecule has 1 aliphatic rings. The van der Waals surface area contributed by atoms with Crippen LogP contribution in [0.4, 0.5) is 0 Å². The van der Waals surface area contributed by atoms with Gasteiger partial charge < -0.3 is 24.0 Å². The predicted octanol–water partition coefficient (Wildman–Crippen LogP) is -0.414. The van der Waals surface area contributed by atoms with Crippen LogP contribution in [-0.4, -0.2) is 0 Å². The van der Waals surface area contributed by atoms with Crippen molar-refractivity contribution in [2.75, 3.05) is 0 Å². The quantitative estimate of drug-likeness (QED) is 0.312. The Morgan fingerprint density at radius 2 is 2.10 bits per heavy atom. The van der Waals surface area contributed by atoms with Crippen molar-refractivity contribution in [3.63, 3.8) is 0 Å². The van der Waals surface area contributed by atoms with E-state index in [-0.39, 0.29) is 43.5 Å². The Balaban J connectivity index is 0. The van der Waals surface area contributed by atoms with E-state index in [1.807, 2.05) is 25.5 Å². The third-order valence-electron chi connectivity index (χ3n) is 0.908. The predicted molar refractivity (Wildman–Crippen MR) is 38.6 cm³/mol. The average Bonchev–Trinajstić information content (AvgIpc) is 1.64. The fourth-order valence-corrected chi connectivity index (χ4v) is 1.02. The molecule has 0 unspecified atom stereocenters. The first-order valence-corrected chi connectivity index (χ1v) is 3.22. The summed E-state index contributed by atoms with van der Waals surface area (Å²) in [6, 6.07) is 0. The fourth-order valence-electron chi connectivity index (χ4n) is 0.549. The van der Waals surface area contributed by atoms with Crippen LogP contribution in [0.15, 0.2) is 27.9 Å². The minimum absolute atomic E-state index is 0. The van der Waals surface area contributed by atoms with Crippen molar-refractivity contribution < 1.29 is 43.5 Å². The fraction of sp³-hybridized carbons (Fsp3) is 0.143. The molecule has 0 aromatic rings.